The van der Waals surface area contributed by atoms with Crippen LogP contribution in [-0.4, -0.2) is 9.91 Å². The summed E-state index contributed by atoms with van der Waals surface area (Å²) in [5.41, 5.74) is 1.40. The maximum Gasteiger partial charge on any atom is 0.307 e. The molecule has 0 saturated carbocycles. The van der Waals surface area contributed by atoms with E-state index < -0.39 is 9.87 Å². The van der Waals surface area contributed by atoms with E-state index in [1.165, 1.54) is 0 Å². The molecule has 1 atom stereocenters. The Morgan fingerprint density at radius 2 is 2.46 bits per heavy atom. The van der Waals surface area contributed by atoms with E-state index in [9.17, 15) is 10.1 Å². The molecule has 0 aromatic carbocycles. The van der Waals surface area contributed by atoms with Gasteiger partial charge in [-0.05, 0) is 18.1 Å². The van der Waals surface area contributed by atoms with Gasteiger partial charge in [0.15, 0.2) is 0 Å². The van der Waals surface area contributed by atoms with Crippen molar-refractivity contribution in [2.75, 3.05) is 0 Å². The summed E-state index contributed by atoms with van der Waals surface area (Å²) in [6.45, 7) is 1.94. The highest BCUT2D eigenvalue weighted by molar-refractivity contribution is 9.09. The van der Waals surface area contributed by atoms with Crippen LogP contribution in [0.15, 0.2) is 18.3 Å². The van der Waals surface area contributed by atoms with Crippen LogP contribution in [0, 0.1) is 10.1 Å². The van der Waals surface area contributed by atoms with Crippen molar-refractivity contribution in [1.82, 2.24) is 4.98 Å². The number of alkyl halides is 1. The third-order valence-electron chi connectivity index (χ3n) is 1.72. The molecule has 1 unspecified atom stereocenters. The summed E-state index contributed by atoms with van der Waals surface area (Å²) < 4.78 is 0. The predicted octanol–water partition coefficient (Wildman–Crippen LogP) is 2.31. The standard InChI is InChI=1S/C8H9BrN2O2/c1-2-6-4-3-5-10-7(6)8(9)11(12)13/h3-5,8H,2H2,1H3. The van der Waals surface area contributed by atoms with Crippen LogP contribution in [0.3, 0.4) is 0 Å². The summed E-state index contributed by atoms with van der Waals surface area (Å²) in [6.07, 6.45) is 2.31. The molecule has 0 spiro atoms. The summed E-state index contributed by atoms with van der Waals surface area (Å²) >= 11 is 2.98. The van der Waals surface area contributed by atoms with Crippen molar-refractivity contribution in [2.24, 2.45) is 0 Å². The molecule has 0 saturated heterocycles. The molecule has 0 N–H and O–H groups in total. The van der Waals surface area contributed by atoms with Crippen LogP contribution >= 0.6 is 15.9 Å². The molecular weight excluding hydrogens is 236 g/mol. The molecule has 1 aromatic rings. The van der Waals surface area contributed by atoms with Crippen LogP contribution in [-0.2, 0) is 6.42 Å². The molecule has 1 aromatic heterocycles. The van der Waals surface area contributed by atoms with E-state index in [1.54, 1.807) is 12.3 Å². The lowest BCUT2D eigenvalue weighted by atomic mass is 10.1. The zero-order valence-electron chi connectivity index (χ0n) is 7.11. The van der Waals surface area contributed by atoms with Crippen LogP contribution in [0.5, 0.6) is 0 Å². The van der Waals surface area contributed by atoms with Gasteiger partial charge in [0.2, 0.25) is 0 Å². The average Bonchev–Trinajstić information content (AvgIpc) is 2.16. The monoisotopic (exact) mass is 244 g/mol. The summed E-state index contributed by atoms with van der Waals surface area (Å²) in [4.78, 5) is 13.2. The lowest BCUT2D eigenvalue weighted by molar-refractivity contribution is -0.498. The number of nitro groups is 1. The van der Waals surface area contributed by atoms with Crippen molar-refractivity contribution < 1.29 is 4.92 Å². The summed E-state index contributed by atoms with van der Waals surface area (Å²) in [7, 11) is 0. The fraction of sp³-hybridized carbons (Fsp3) is 0.375. The highest BCUT2D eigenvalue weighted by atomic mass is 79.9. The van der Waals surface area contributed by atoms with E-state index in [-0.39, 0.29) is 0 Å². The van der Waals surface area contributed by atoms with Gasteiger partial charge in [-0.3, -0.25) is 15.1 Å². The quantitative estimate of drug-likeness (QED) is 0.355. The lowest BCUT2D eigenvalue weighted by Gasteiger charge is -2.05. The third-order valence-corrected chi connectivity index (χ3v) is 2.49. The molecule has 0 aliphatic carbocycles. The topological polar surface area (TPSA) is 56.0 Å². The molecule has 0 aliphatic heterocycles. The van der Waals surface area contributed by atoms with Crippen LogP contribution < -0.4 is 0 Å². The van der Waals surface area contributed by atoms with Gasteiger partial charge in [-0.25, -0.2) is 0 Å². The Kier molecular flexibility index (Phi) is 3.36. The van der Waals surface area contributed by atoms with Crippen LogP contribution in [0.25, 0.3) is 0 Å². The summed E-state index contributed by atoms with van der Waals surface area (Å²) in [5.74, 6) is 0. The van der Waals surface area contributed by atoms with Crippen molar-refractivity contribution in [3.05, 3.63) is 39.7 Å². The molecule has 13 heavy (non-hydrogen) atoms. The van der Waals surface area contributed by atoms with Crippen molar-refractivity contribution in [2.45, 2.75) is 18.3 Å². The number of nitrogens with zero attached hydrogens (tertiary/aromatic N) is 2. The molecule has 0 aliphatic rings. The zero-order chi connectivity index (χ0) is 9.84. The summed E-state index contributed by atoms with van der Waals surface area (Å²) in [6, 6.07) is 3.63. The van der Waals surface area contributed by atoms with Gasteiger partial charge >= 0.3 is 4.95 Å². The SMILES string of the molecule is CCc1cccnc1C(Br)[N+](=O)[O-]. The van der Waals surface area contributed by atoms with E-state index in [4.69, 9.17) is 0 Å². The number of aryl methyl sites for hydroxylation is 1. The normalized spacial score (nSPS) is 12.5. The molecule has 1 rings (SSSR count). The van der Waals surface area contributed by atoms with Crippen molar-refractivity contribution in [3.63, 3.8) is 0 Å². The smallest absolute Gasteiger partial charge is 0.263 e. The Hall–Kier alpha value is -0.970. The number of rotatable bonds is 3. The first-order chi connectivity index (χ1) is 6.16. The second-order valence-electron chi connectivity index (χ2n) is 2.52. The van der Waals surface area contributed by atoms with Crippen LogP contribution in [0.1, 0.15) is 23.1 Å². The minimum absolute atomic E-state index is 0.401. The minimum Gasteiger partial charge on any atom is -0.263 e. The Morgan fingerprint density at radius 3 is 3.00 bits per heavy atom. The lowest BCUT2D eigenvalue weighted by Crippen LogP contribution is -2.07. The van der Waals surface area contributed by atoms with Gasteiger partial charge < -0.3 is 0 Å². The first-order valence-corrected chi connectivity index (χ1v) is 4.79. The molecule has 5 heteroatoms. The second kappa shape index (κ2) is 4.32. The van der Waals surface area contributed by atoms with Crippen molar-refractivity contribution >= 4 is 15.9 Å². The van der Waals surface area contributed by atoms with E-state index in [0.717, 1.165) is 12.0 Å². The number of hydrogen-bond donors (Lipinski definition) is 0. The molecule has 1 heterocycles. The zero-order valence-corrected chi connectivity index (χ0v) is 8.69. The molecule has 0 radical (unpaired) electrons. The molecular formula is C8H9BrN2O2. The largest absolute Gasteiger partial charge is 0.307 e. The number of pyridine rings is 1. The first kappa shape index (κ1) is 10.1. The van der Waals surface area contributed by atoms with E-state index in [1.807, 2.05) is 13.0 Å². The first-order valence-electron chi connectivity index (χ1n) is 3.88. The molecule has 0 amide bonds. The molecule has 0 fully saturated rings. The van der Waals surface area contributed by atoms with Gasteiger partial charge in [0.1, 0.15) is 5.69 Å². The average molecular weight is 245 g/mol. The maximum atomic E-state index is 10.5. The Bertz CT molecular complexity index is 317. The molecule has 4 nitrogen and oxygen atoms in total. The maximum absolute atomic E-state index is 10.5. The summed E-state index contributed by atoms with van der Waals surface area (Å²) in [5, 5.41) is 10.5. The Labute approximate surface area is 84.3 Å². The van der Waals surface area contributed by atoms with E-state index in [2.05, 4.69) is 20.9 Å². The van der Waals surface area contributed by atoms with Gasteiger partial charge in [-0.1, -0.05) is 13.0 Å². The highest BCUT2D eigenvalue weighted by Crippen LogP contribution is 2.24. The minimum atomic E-state index is -0.899. The number of hydrogen-bond acceptors (Lipinski definition) is 3. The highest BCUT2D eigenvalue weighted by Gasteiger charge is 2.22. The van der Waals surface area contributed by atoms with Gasteiger partial charge in [0, 0.05) is 27.1 Å². The van der Waals surface area contributed by atoms with Crippen LogP contribution in [0.2, 0.25) is 0 Å². The Morgan fingerprint density at radius 1 is 1.77 bits per heavy atom. The van der Waals surface area contributed by atoms with Gasteiger partial charge in [0.05, 0.1) is 0 Å². The third kappa shape index (κ3) is 2.24. The van der Waals surface area contributed by atoms with Gasteiger partial charge in [0.25, 0.3) is 0 Å². The Balaban J connectivity index is 3.05. The fourth-order valence-electron chi connectivity index (χ4n) is 1.06. The number of aromatic nitrogens is 1. The van der Waals surface area contributed by atoms with E-state index in [0.29, 0.717) is 5.69 Å². The van der Waals surface area contributed by atoms with Gasteiger partial charge in [-0.2, -0.15) is 0 Å². The molecule has 0 bridgehead atoms. The number of halogens is 1. The van der Waals surface area contributed by atoms with Crippen molar-refractivity contribution in [3.8, 4) is 0 Å². The fourth-order valence-corrected chi connectivity index (χ4v) is 1.48. The van der Waals surface area contributed by atoms with Gasteiger partial charge in [-0.15, -0.1) is 0 Å². The van der Waals surface area contributed by atoms with E-state index >= 15 is 0 Å². The predicted molar refractivity (Wildman–Crippen MR) is 52.3 cm³/mol. The second-order valence-corrected chi connectivity index (χ2v) is 3.39. The van der Waals surface area contributed by atoms with Crippen LogP contribution in [0.4, 0.5) is 0 Å². The van der Waals surface area contributed by atoms with Crippen molar-refractivity contribution in [1.29, 1.82) is 0 Å². The molecule has 70 valence electrons.